The summed E-state index contributed by atoms with van der Waals surface area (Å²) in [6.07, 6.45) is 1.63. The van der Waals surface area contributed by atoms with Crippen LogP contribution in [-0.2, 0) is 11.3 Å². The van der Waals surface area contributed by atoms with E-state index in [-0.39, 0.29) is 5.91 Å². The van der Waals surface area contributed by atoms with Crippen molar-refractivity contribution in [2.75, 3.05) is 7.05 Å². The Balaban J connectivity index is 1.67. The molecule has 0 bridgehead atoms. The summed E-state index contributed by atoms with van der Waals surface area (Å²) in [6.45, 7) is 15.6. The molecule has 0 radical (unpaired) electrons. The van der Waals surface area contributed by atoms with Crippen molar-refractivity contribution in [3.05, 3.63) is 50.4 Å². The molecule has 1 amide bonds. The molecule has 0 N–H and O–H groups in total. The van der Waals surface area contributed by atoms with Gasteiger partial charge in [0.15, 0.2) is 0 Å². The van der Waals surface area contributed by atoms with Gasteiger partial charge < -0.3 is 9.42 Å². The Labute approximate surface area is 162 Å². The summed E-state index contributed by atoms with van der Waals surface area (Å²) in [7, 11) is 1.93. The lowest BCUT2D eigenvalue weighted by Crippen LogP contribution is -2.27. The van der Waals surface area contributed by atoms with Crippen LogP contribution in [0.3, 0.4) is 0 Å². The van der Waals surface area contributed by atoms with E-state index < -0.39 is 0 Å². The fourth-order valence-corrected chi connectivity index (χ4v) is 4.11. The molecule has 0 spiro atoms. The SMILES string of the molecule is Cc1onc(C2CC2CC(=O)N(C)Cc2c(C)c(C)c(C)c(C)c2C)c1C. The zero-order valence-corrected chi connectivity index (χ0v) is 18.0. The van der Waals surface area contributed by atoms with E-state index >= 15 is 0 Å². The minimum absolute atomic E-state index is 0.218. The minimum atomic E-state index is 0.218. The quantitative estimate of drug-likeness (QED) is 0.747. The van der Waals surface area contributed by atoms with Crippen LogP contribution in [0.1, 0.15) is 69.2 Å². The molecule has 27 heavy (non-hydrogen) atoms. The molecule has 0 aliphatic heterocycles. The third-order valence-corrected chi connectivity index (χ3v) is 6.88. The standard InChI is InChI=1S/C23H32N2O2/c1-12-13(2)15(4)21(16(5)14(12)3)11-25(8)22(26)10-19-9-20(19)23-17(6)18(7)27-24-23/h19-20H,9-11H2,1-8H3. The first-order valence-electron chi connectivity index (χ1n) is 9.86. The molecule has 146 valence electrons. The van der Waals surface area contributed by atoms with Gasteiger partial charge in [0.1, 0.15) is 5.76 Å². The van der Waals surface area contributed by atoms with Crippen LogP contribution in [0.15, 0.2) is 4.52 Å². The van der Waals surface area contributed by atoms with Crippen molar-refractivity contribution >= 4 is 5.91 Å². The van der Waals surface area contributed by atoms with Crippen molar-refractivity contribution in [2.45, 2.75) is 73.8 Å². The van der Waals surface area contributed by atoms with Gasteiger partial charge in [0.05, 0.1) is 5.69 Å². The highest BCUT2D eigenvalue weighted by Gasteiger charge is 2.43. The first-order valence-corrected chi connectivity index (χ1v) is 9.86. The fourth-order valence-electron chi connectivity index (χ4n) is 4.11. The molecule has 1 saturated carbocycles. The van der Waals surface area contributed by atoms with Crippen molar-refractivity contribution in [2.24, 2.45) is 5.92 Å². The Kier molecular flexibility index (Phi) is 5.20. The predicted octanol–water partition coefficient (Wildman–Crippen LogP) is 4.99. The monoisotopic (exact) mass is 368 g/mol. The van der Waals surface area contributed by atoms with E-state index in [1.54, 1.807) is 0 Å². The second-order valence-electron chi connectivity index (χ2n) is 8.41. The zero-order valence-electron chi connectivity index (χ0n) is 18.0. The van der Waals surface area contributed by atoms with Gasteiger partial charge in [-0.25, -0.2) is 0 Å². The van der Waals surface area contributed by atoms with Gasteiger partial charge >= 0.3 is 0 Å². The Morgan fingerprint density at radius 2 is 1.52 bits per heavy atom. The fraction of sp³-hybridized carbons (Fsp3) is 0.565. The molecule has 2 unspecified atom stereocenters. The maximum Gasteiger partial charge on any atom is 0.222 e. The smallest absolute Gasteiger partial charge is 0.222 e. The predicted molar refractivity (Wildman–Crippen MR) is 108 cm³/mol. The average Bonchev–Trinajstić information content (AvgIpc) is 3.31. The molecule has 3 rings (SSSR count). The van der Waals surface area contributed by atoms with Gasteiger partial charge in [0.2, 0.25) is 5.91 Å². The van der Waals surface area contributed by atoms with Crippen LogP contribution < -0.4 is 0 Å². The highest BCUT2D eigenvalue weighted by Crippen LogP contribution is 2.50. The second kappa shape index (κ2) is 7.14. The summed E-state index contributed by atoms with van der Waals surface area (Å²) >= 11 is 0. The van der Waals surface area contributed by atoms with Crippen LogP contribution in [0.4, 0.5) is 0 Å². The molecular weight excluding hydrogens is 336 g/mol. The van der Waals surface area contributed by atoms with E-state index in [0.29, 0.717) is 24.8 Å². The van der Waals surface area contributed by atoms with E-state index in [1.807, 2.05) is 18.9 Å². The summed E-state index contributed by atoms with van der Waals surface area (Å²) in [4.78, 5) is 14.7. The van der Waals surface area contributed by atoms with Gasteiger partial charge in [0, 0.05) is 31.5 Å². The van der Waals surface area contributed by atoms with Gasteiger partial charge in [-0.15, -0.1) is 0 Å². The molecule has 4 heteroatoms. The van der Waals surface area contributed by atoms with Crippen LogP contribution in [0.5, 0.6) is 0 Å². The van der Waals surface area contributed by atoms with Gasteiger partial charge in [-0.1, -0.05) is 5.16 Å². The molecular formula is C23H32N2O2. The normalized spacial score (nSPS) is 18.7. The summed E-state index contributed by atoms with van der Waals surface area (Å²) in [5.41, 5.74) is 10.1. The van der Waals surface area contributed by atoms with Crippen molar-refractivity contribution < 1.29 is 9.32 Å². The van der Waals surface area contributed by atoms with Gasteiger partial charge in [0.25, 0.3) is 0 Å². The van der Waals surface area contributed by atoms with Crippen LogP contribution >= 0.6 is 0 Å². The molecule has 4 nitrogen and oxygen atoms in total. The number of carbonyl (C=O) groups excluding carboxylic acids is 1. The van der Waals surface area contributed by atoms with E-state index in [9.17, 15) is 4.79 Å². The van der Waals surface area contributed by atoms with Crippen LogP contribution in [-0.4, -0.2) is 23.0 Å². The summed E-state index contributed by atoms with van der Waals surface area (Å²) in [5, 5.41) is 4.20. The van der Waals surface area contributed by atoms with E-state index in [4.69, 9.17) is 4.52 Å². The summed E-state index contributed by atoms with van der Waals surface area (Å²) in [6, 6.07) is 0. The first kappa shape index (κ1) is 19.7. The van der Waals surface area contributed by atoms with Crippen LogP contribution in [0.25, 0.3) is 0 Å². The van der Waals surface area contributed by atoms with E-state index in [2.05, 4.69) is 46.7 Å². The molecule has 0 saturated heterocycles. The number of nitrogens with zero attached hydrogens (tertiary/aromatic N) is 2. The minimum Gasteiger partial charge on any atom is -0.361 e. The lowest BCUT2D eigenvalue weighted by Gasteiger charge is -2.24. The second-order valence-corrected chi connectivity index (χ2v) is 8.41. The third kappa shape index (κ3) is 3.54. The maximum absolute atomic E-state index is 12.8. The number of benzene rings is 1. The molecule has 2 atom stereocenters. The van der Waals surface area contributed by atoms with Crippen molar-refractivity contribution in [1.29, 1.82) is 0 Å². The Hall–Kier alpha value is -2.10. The lowest BCUT2D eigenvalue weighted by atomic mass is 9.89. The number of carbonyl (C=O) groups is 1. The van der Waals surface area contributed by atoms with Crippen molar-refractivity contribution in [3.8, 4) is 0 Å². The molecule has 1 aromatic heterocycles. The molecule has 1 heterocycles. The van der Waals surface area contributed by atoms with E-state index in [0.717, 1.165) is 23.4 Å². The maximum atomic E-state index is 12.8. The topological polar surface area (TPSA) is 46.3 Å². The number of hydrogen-bond donors (Lipinski definition) is 0. The number of rotatable bonds is 5. The van der Waals surface area contributed by atoms with Gasteiger partial charge in [-0.05, 0) is 94.2 Å². The highest BCUT2D eigenvalue weighted by atomic mass is 16.5. The van der Waals surface area contributed by atoms with Crippen molar-refractivity contribution in [1.82, 2.24) is 10.1 Å². The number of amides is 1. The molecule has 2 aromatic rings. The van der Waals surface area contributed by atoms with Gasteiger partial charge in [-0.2, -0.15) is 0 Å². The Bertz CT molecular complexity index is 865. The Morgan fingerprint density at radius 1 is 0.963 bits per heavy atom. The Morgan fingerprint density at radius 3 is 2.04 bits per heavy atom. The number of aromatic nitrogens is 1. The molecule has 1 fully saturated rings. The molecule has 1 aromatic carbocycles. The highest BCUT2D eigenvalue weighted by molar-refractivity contribution is 5.77. The number of aryl methyl sites for hydroxylation is 1. The van der Waals surface area contributed by atoms with Crippen LogP contribution in [0.2, 0.25) is 0 Å². The third-order valence-electron chi connectivity index (χ3n) is 6.88. The lowest BCUT2D eigenvalue weighted by molar-refractivity contribution is -0.130. The van der Waals surface area contributed by atoms with Crippen LogP contribution in [0, 0.1) is 54.4 Å². The number of hydrogen-bond acceptors (Lipinski definition) is 3. The largest absolute Gasteiger partial charge is 0.361 e. The van der Waals surface area contributed by atoms with Crippen molar-refractivity contribution in [3.63, 3.8) is 0 Å². The molecule has 1 aliphatic rings. The summed E-state index contributed by atoms with van der Waals surface area (Å²) in [5.74, 6) is 1.88. The first-order chi connectivity index (χ1) is 12.6. The molecule has 1 aliphatic carbocycles. The van der Waals surface area contributed by atoms with Gasteiger partial charge in [-0.3, -0.25) is 4.79 Å². The summed E-state index contributed by atoms with van der Waals surface area (Å²) < 4.78 is 5.29. The average molecular weight is 369 g/mol. The van der Waals surface area contributed by atoms with E-state index in [1.165, 1.54) is 33.4 Å². The zero-order chi connectivity index (χ0) is 20.0.